The number of rotatable bonds is 6. The second-order valence-corrected chi connectivity index (χ2v) is 8.88. The molecule has 3 aromatic rings. The van der Waals surface area contributed by atoms with Gasteiger partial charge in [0, 0.05) is 25.6 Å². The Morgan fingerprint density at radius 1 is 0.912 bits per heavy atom. The molecule has 0 N–H and O–H groups in total. The van der Waals surface area contributed by atoms with Crippen molar-refractivity contribution in [3.05, 3.63) is 102 Å². The van der Waals surface area contributed by atoms with Crippen molar-refractivity contribution < 1.29 is 19.1 Å². The van der Waals surface area contributed by atoms with Crippen LogP contribution in [0.15, 0.2) is 84.9 Å². The molecule has 5 rings (SSSR count). The number of cyclic esters (lactones) is 1. The number of methoxy groups -OCH3 is 1. The van der Waals surface area contributed by atoms with Crippen LogP contribution in [0.5, 0.6) is 5.75 Å². The maximum atomic E-state index is 13.9. The first kappa shape index (κ1) is 22.2. The van der Waals surface area contributed by atoms with E-state index >= 15 is 0 Å². The van der Waals surface area contributed by atoms with Gasteiger partial charge in [0.2, 0.25) is 5.91 Å². The molecule has 2 saturated heterocycles. The molecule has 6 heteroatoms. The monoisotopic (exact) mass is 456 g/mol. The lowest BCUT2D eigenvalue weighted by Crippen LogP contribution is -2.41. The molecule has 0 saturated carbocycles. The van der Waals surface area contributed by atoms with Crippen LogP contribution in [0.4, 0.5) is 4.79 Å². The number of nitrogens with zero attached hydrogens (tertiary/aromatic N) is 2. The number of carbonyl (C=O) groups excluding carboxylic acids is 2. The number of carbonyl (C=O) groups is 2. The third-order valence-corrected chi connectivity index (χ3v) is 6.80. The van der Waals surface area contributed by atoms with Crippen molar-refractivity contribution in [2.24, 2.45) is 5.92 Å². The quantitative estimate of drug-likeness (QED) is 0.541. The van der Waals surface area contributed by atoms with Crippen molar-refractivity contribution in [2.75, 3.05) is 26.8 Å². The van der Waals surface area contributed by atoms with E-state index in [9.17, 15) is 9.59 Å². The maximum absolute atomic E-state index is 13.9. The Balaban J connectivity index is 1.44. The van der Waals surface area contributed by atoms with Gasteiger partial charge in [0.25, 0.3) is 0 Å². The topological polar surface area (TPSA) is 59.1 Å². The summed E-state index contributed by atoms with van der Waals surface area (Å²) in [4.78, 5) is 30.3. The average Bonchev–Trinajstić information content (AvgIpc) is 3.48. The molecule has 3 aromatic carbocycles. The Bertz CT molecular complexity index is 1130. The van der Waals surface area contributed by atoms with Crippen molar-refractivity contribution in [1.82, 2.24) is 9.80 Å². The lowest BCUT2D eigenvalue weighted by molar-refractivity contribution is -0.133. The first-order valence-electron chi connectivity index (χ1n) is 11.6. The zero-order chi connectivity index (χ0) is 23.5. The minimum absolute atomic E-state index is 0.0352. The molecule has 2 fully saturated rings. The summed E-state index contributed by atoms with van der Waals surface area (Å²) in [5.74, 6) is 0.215. The normalized spacial score (nSPS) is 22.6. The van der Waals surface area contributed by atoms with Crippen LogP contribution in [0, 0.1) is 5.92 Å². The largest absolute Gasteiger partial charge is 0.497 e. The molecule has 2 aliphatic rings. The molecule has 2 heterocycles. The molecule has 0 aromatic heterocycles. The van der Waals surface area contributed by atoms with Crippen LogP contribution in [-0.4, -0.2) is 48.6 Å². The van der Waals surface area contributed by atoms with Gasteiger partial charge in [0.1, 0.15) is 18.4 Å². The molecule has 174 valence electrons. The third-order valence-electron chi connectivity index (χ3n) is 6.80. The predicted octanol–water partition coefficient (Wildman–Crippen LogP) is 4.63. The Labute approximate surface area is 199 Å². The van der Waals surface area contributed by atoms with E-state index in [1.807, 2.05) is 72.8 Å². The van der Waals surface area contributed by atoms with Gasteiger partial charge in [-0.15, -0.1) is 0 Å². The van der Waals surface area contributed by atoms with Crippen molar-refractivity contribution in [3.63, 3.8) is 0 Å². The van der Waals surface area contributed by atoms with Gasteiger partial charge in [-0.05, 0) is 28.8 Å². The minimum atomic E-state index is -0.561. The first-order valence-corrected chi connectivity index (χ1v) is 11.6. The summed E-state index contributed by atoms with van der Waals surface area (Å²) in [7, 11) is 1.64. The van der Waals surface area contributed by atoms with E-state index in [4.69, 9.17) is 9.47 Å². The van der Waals surface area contributed by atoms with Crippen LogP contribution in [0.25, 0.3) is 0 Å². The molecule has 2 aliphatic heterocycles. The van der Waals surface area contributed by atoms with E-state index in [-0.39, 0.29) is 24.3 Å². The molecular weight excluding hydrogens is 428 g/mol. The molecular formula is C28H28N2O4. The van der Waals surface area contributed by atoms with Crippen LogP contribution in [0.2, 0.25) is 0 Å². The number of ether oxygens (including phenoxy) is 2. The second-order valence-electron chi connectivity index (χ2n) is 8.88. The molecule has 3 atom stereocenters. The van der Waals surface area contributed by atoms with Crippen LogP contribution in [0.1, 0.15) is 28.7 Å². The fourth-order valence-electron chi connectivity index (χ4n) is 5.06. The van der Waals surface area contributed by atoms with E-state index in [1.54, 1.807) is 7.11 Å². The molecule has 6 nitrogen and oxygen atoms in total. The summed E-state index contributed by atoms with van der Waals surface area (Å²) in [5, 5.41) is 0. The fourth-order valence-corrected chi connectivity index (χ4v) is 5.06. The predicted molar refractivity (Wildman–Crippen MR) is 128 cm³/mol. The molecule has 0 radical (unpaired) electrons. The van der Waals surface area contributed by atoms with Gasteiger partial charge in [-0.1, -0.05) is 72.8 Å². The third kappa shape index (κ3) is 4.41. The molecule has 2 amide bonds. The zero-order valence-corrected chi connectivity index (χ0v) is 19.2. The highest BCUT2D eigenvalue weighted by Gasteiger charge is 2.47. The van der Waals surface area contributed by atoms with E-state index in [2.05, 4.69) is 17.0 Å². The van der Waals surface area contributed by atoms with Crippen LogP contribution in [0.3, 0.4) is 0 Å². The van der Waals surface area contributed by atoms with E-state index in [1.165, 1.54) is 10.5 Å². The summed E-state index contributed by atoms with van der Waals surface area (Å²) in [6, 6.07) is 27.4. The second kappa shape index (κ2) is 9.69. The molecule has 0 bridgehead atoms. The lowest BCUT2D eigenvalue weighted by Gasteiger charge is -2.26. The molecule has 0 aliphatic carbocycles. The van der Waals surface area contributed by atoms with Crippen LogP contribution < -0.4 is 4.74 Å². The number of imide groups is 1. The van der Waals surface area contributed by atoms with Crippen molar-refractivity contribution in [3.8, 4) is 5.75 Å². The van der Waals surface area contributed by atoms with Gasteiger partial charge < -0.3 is 9.47 Å². The number of hydrogen-bond acceptors (Lipinski definition) is 5. The first-order chi connectivity index (χ1) is 16.6. The summed E-state index contributed by atoms with van der Waals surface area (Å²) < 4.78 is 10.7. The number of benzene rings is 3. The lowest BCUT2D eigenvalue weighted by atomic mass is 9.87. The Hall–Kier alpha value is -3.64. The number of hydrogen-bond donors (Lipinski definition) is 0. The van der Waals surface area contributed by atoms with E-state index in [0.717, 1.165) is 30.0 Å². The summed E-state index contributed by atoms with van der Waals surface area (Å²) >= 11 is 0. The van der Waals surface area contributed by atoms with Gasteiger partial charge in [0.15, 0.2) is 0 Å². The van der Waals surface area contributed by atoms with Gasteiger partial charge in [-0.2, -0.15) is 0 Å². The van der Waals surface area contributed by atoms with Gasteiger partial charge in [-0.25, -0.2) is 9.69 Å². The zero-order valence-electron chi connectivity index (χ0n) is 19.2. The SMILES string of the molecule is COc1ccc([C@@H]2CN(Cc3ccccc3)C[C@H]2C(=O)N2C(=O)OC[C@H]2c2ccccc2)cc1. The Morgan fingerprint density at radius 3 is 2.26 bits per heavy atom. The van der Waals surface area contributed by atoms with Gasteiger partial charge >= 0.3 is 6.09 Å². The maximum Gasteiger partial charge on any atom is 0.417 e. The number of likely N-dealkylation sites (tertiary alicyclic amines) is 1. The van der Waals surface area contributed by atoms with Crippen LogP contribution >= 0.6 is 0 Å². The molecule has 0 unspecified atom stereocenters. The molecule has 34 heavy (non-hydrogen) atoms. The van der Waals surface area contributed by atoms with Crippen LogP contribution in [-0.2, 0) is 16.1 Å². The van der Waals surface area contributed by atoms with Crippen molar-refractivity contribution in [1.29, 1.82) is 0 Å². The van der Waals surface area contributed by atoms with E-state index in [0.29, 0.717) is 6.54 Å². The highest BCUT2D eigenvalue weighted by molar-refractivity contribution is 5.95. The summed E-state index contributed by atoms with van der Waals surface area (Å²) in [6.45, 7) is 2.25. The smallest absolute Gasteiger partial charge is 0.417 e. The van der Waals surface area contributed by atoms with Gasteiger partial charge in [-0.3, -0.25) is 9.69 Å². The Morgan fingerprint density at radius 2 is 1.59 bits per heavy atom. The highest BCUT2D eigenvalue weighted by atomic mass is 16.6. The van der Waals surface area contributed by atoms with Gasteiger partial charge in [0.05, 0.1) is 13.0 Å². The average molecular weight is 457 g/mol. The molecule has 0 spiro atoms. The van der Waals surface area contributed by atoms with Crippen molar-refractivity contribution >= 4 is 12.0 Å². The van der Waals surface area contributed by atoms with E-state index < -0.39 is 12.1 Å². The minimum Gasteiger partial charge on any atom is -0.497 e. The standard InChI is InChI=1S/C28H28N2O4/c1-33-23-14-12-21(13-15-23)24-17-29(16-20-8-4-2-5-9-20)18-25(24)27(31)30-26(19-34-28(30)32)22-10-6-3-7-11-22/h2-15,24-26H,16-19H2,1H3/t24-,25+,26-/m0/s1. The van der Waals surface area contributed by atoms with Crippen molar-refractivity contribution in [2.45, 2.75) is 18.5 Å². The Kier molecular flexibility index (Phi) is 6.32. The highest BCUT2D eigenvalue weighted by Crippen LogP contribution is 2.38. The number of amides is 2. The fraction of sp³-hybridized carbons (Fsp3) is 0.286. The summed E-state index contributed by atoms with van der Waals surface area (Å²) in [5.41, 5.74) is 3.17. The summed E-state index contributed by atoms with van der Waals surface area (Å²) in [6.07, 6.45) is -0.561.